The van der Waals surface area contributed by atoms with Crippen molar-refractivity contribution >= 4 is 0 Å². The molecule has 2 saturated carbocycles. The van der Waals surface area contributed by atoms with E-state index in [1.807, 2.05) is 0 Å². The number of hydrogen-bond donors (Lipinski definition) is 1. The lowest BCUT2D eigenvalue weighted by Crippen LogP contribution is -2.29. The second kappa shape index (κ2) is 5.89. The van der Waals surface area contributed by atoms with Gasteiger partial charge in [-0.2, -0.15) is 0 Å². The summed E-state index contributed by atoms with van der Waals surface area (Å²) >= 11 is 0. The molecular formula is C14H26O. The molecule has 0 atom stereocenters. The van der Waals surface area contributed by atoms with Crippen LogP contribution in [-0.2, 0) is 0 Å². The molecule has 1 nitrogen and oxygen atoms in total. The van der Waals surface area contributed by atoms with Gasteiger partial charge in [-0.1, -0.05) is 64.2 Å². The molecule has 0 heterocycles. The number of aliphatic hydroxyl groups is 1. The van der Waals surface area contributed by atoms with Crippen molar-refractivity contribution in [3.05, 3.63) is 0 Å². The maximum atomic E-state index is 9.63. The second-order valence-electron chi connectivity index (χ2n) is 5.64. The SMILES string of the molecule is OCC(C1CCCCC1)C1CCCCC1. The van der Waals surface area contributed by atoms with Crippen LogP contribution in [-0.4, -0.2) is 11.7 Å². The van der Waals surface area contributed by atoms with Crippen molar-refractivity contribution in [3.63, 3.8) is 0 Å². The van der Waals surface area contributed by atoms with Crippen molar-refractivity contribution in [2.24, 2.45) is 17.8 Å². The van der Waals surface area contributed by atoms with E-state index in [4.69, 9.17) is 0 Å². The molecule has 2 fully saturated rings. The fourth-order valence-electron chi connectivity index (χ4n) is 3.81. The van der Waals surface area contributed by atoms with Crippen LogP contribution in [0, 0.1) is 17.8 Å². The first kappa shape index (κ1) is 11.4. The van der Waals surface area contributed by atoms with E-state index in [0.717, 1.165) is 11.8 Å². The summed E-state index contributed by atoms with van der Waals surface area (Å²) in [6.45, 7) is 0.454. The van der Waals surface area contributed by atoms with Gasteiger partial charge in [0.1, 0.15) is 0 Å². The van der Waals surface area contributed by atoms with E-state index >= 15 is 0 Å². The maximum absolute atomic E-state index is 9.63. The monoisotopic (exact) mass is 210 g/mol. The summed E-state index contributed by atoms with van der Waals surface area (Å²) in [4.78, 5) is 0. The Morgan fingerprint density at radius 3 is 1.47 bits per heavy atom. The highest BCUT2D eigenvalue weighted by atomic mass is 16.3. The van der Waals surface area contributed by atoms with Crippen LogP contribution in [0.5, 0.6) is 0 Å². The maximum Gasteiger partial charge on any atom is 0.0464 e. The van der Waals surface area contributed by atoms with Crippen molar-refractivity contribution < 1.29 is 5.11 Å². The number of aliphatic hydroxyl groups excluding tert-OH is 1. The molecule has 15 heavy (non-hydrogen) atoms. The second-order valence-corrected chi connectivity index (χ2v) is 5.64. The predicted octanol–water partition coefficient (Wildman–Crippen LogP) is 3.76. The van der Waals surface area contributed by atoms with Crippen molar-refractivity contribution in [2.75, 3.05) is 6.61 Å². The summed E-state index contributed by atoms with van der Waals surface area (Å²) in [5.41, 5.74) is 0. The molecule has 2 rings (SSSR count). The Morgan fingerprint density at radius 1 is 0.733 bits per heavy atom. The Hall–Kier alpha value is -0.0400. The largest absolute Gasteiger partial charge is 0.396 e. The van der Waals surface area contributed by atoms with Gasteiger partial charge in [0, 0.05) is 6.61 Å². The third-order valence-electron chi connectivity index (χ3n) is 4.72. The summed E-state index contributed by atoms with van der Waals surface area (Å²) in [6.07, 6.45) is 14.1. The van der Waals surface area contributed by atoms with E-state index in [9.17, 15) is 5.11 Å². The average molecular weight is 210 g/mol. The third kappa shape index (κ3) is 2.96. The van der Waals surface area contributed by atoms with E-state index < -0.39 is 0 Å². The Bertz CT molecular complexity index is 148. The van der Waals surface area contributed by atoms with Gasteiger partial charge in [0.2, 0.25) is 0 Å². The average Bonchev–Trinajstić information content (AvgIpc) is 2.33. The molecule has 0 radical (unpaired) electrons. The van der Waals surface area contributed by atoms with Gasteiger partial charge in [-0.25, -0.2) is 0 Å². The van der Waals surface area contributed by atoms with Gasteiger partial charge >= 0.3 is 0 Å². The first-order chi connectivity index (χ1) is 7.42. The minimum atomic E-state index is 0.454. The molecule has 0 aliphatic heterocycles. The summed E-state index contributed by atoms with van der Waals surface area (Å²) in [6, 6.07) is 0. The van der Waals surface area contributed by atoms with Crippen molar-refractivity contribution in [2.45, 2.75) is 64.2 Å². The predicted molar refractivity (Wildman–Crippen MR) is 63.7 cm³/mol. The summed E-state index contributed by atoms with van der Waals surface area (Å²) < 4.78 is 0. The zero-order valence-electron chi connectivity index (χ0n) is 9.96. The molecule has 0 bridgehead atoms. The molecule has 2 aliphatic carbocycles. The van der Waals surface area contributed by atoms with Gasteiger partial charge in [-0.3, -0.25) is 0 Å². The molecule has 0 aromatic heterocycles. The van der Waals surface area contributed by atoms with Crippen LogP contribution in [0.2, 0.25) is 0 Å². The summed E-state index contributed by atoms with van der Waals surface area (Å²) in [5.74, 6) is 2.35. The highest BCUT2D eigenvalue weighted by Gasteiger charge is 2.30. The Morgan fingerprint density at radius 2 is 1.13 bits per heavy atom. The van der Waals surface area contributed by atoms with Crippen LogP contribution in [0.3, 0.4) is 0 Å². The standard InChI is InChI=1S/C14H26O/c15-11-14(12-7-3-1-4-8-12)13-9-5-2-6-10-13/h12-15H,1-11H2. The zero-order chi connectivity index (χ0) is 10.5. The minimum absolute atomic E-state index is 0.454. The van der Waals surface area contributed by atoms with Crippen molar-refractivity contribution in [1.82, 2.24) is 0 Å². The lowest BCUT2D eigenvalue weighted by Gasteiger charge is -2.36. The first-order valence-electron chi connectivity index (χ1n) is 7.02. The number of hydrogen-bond acceptors (Lipinski definition) is 1. The Kier molecular flexibility index (Phi) is 4.49. The van der Waals surface area contributed by atoms with Crippen LogP contribution >= 0.6 is 0 Å². The molecule has 0 saturated heterocycles. The van der Waals surface area contributed by atoms with E-state index in [1.54, 1.807) is 0 Å². The van der Waals surface area contributed by atoms with Gasteiger partial charge < -0.3 is 5.11 Å². The molecule has 0 aromatic carbocycles. The highest BCUT2D eigenvalue weighted by Crippen LogP contribution is 2.39. The van der Waals surface area contributed by atoms with Crippen molar-refractivity contribution in [3.8, 4) is 0 Å². The van der Waals surface area contributed by atoms with Crippen LogP contribution in [0.25, 0.3) is 0 Å². The molecule has 88 valence electrons. The van der Waals surface area contributed by atoms with Gasteiger partial charge in [0.25, 0.3) is 0 Å². The molecule has 0 aromatic rings. The fourth-order valence-corrected chi connectivity index (χ4v) is 3.81. The molecule has 0 unspecified atom stereocenters. The summed E-state index contributed by atoms with van der Waals surface area (Å²) in [7, 11) is 0. The number of rotatable bonds is 3. The third-order valence-corrected chi connectivity index (χ3v) is 4.72. The van der Waals surface area contributed by atoms with Crippen LogP contribution in [0.15, 0.2) is 0 Å². The molecule has 0 amide bonds. The van der Waals surface area contributed by atoms with Crippen LogP contribution in [0.4, 0.5) is 0 Å². The van der Waals surface area contributed by atoms with Crippen LogP contribution < -0.4 is 0 Å². The normalized spacial score (nSPS) is 26.0. The minimum Gasteiger partial charge on any atom is -0.396 e. The van der Waals surface area contributed by atoms with E-state index in [1.165, 1.54) is 64.2 Å². The molecule has 1 N–H and O–H groups in total. The zero-order valence-corrected chi connectivity index (χ0v) is 9.96. The lowest BCUT2D eigenvalue weighted by atomic mass is 9.70. The molecule has 1 heteroatoms. The Balaban J connectivity index is 1.88. The van der Waals surface area contributed by atoms with E-state index in [0.29, 0.717) is 12.5 Å². The van der Waals surface area contributed by atoms with Gasteiger partial charge in [0.15, 0.2) is 0 Å². The van der Waals surface area contributed by atoms with E-state index in [2.05, 4.69) is 0 Å². The smallest absolute Gasteiger partial charge is 0.0464 e. The lowest BCUT2D eigenvalue weighted by molar-refractivity contribution is 0.0787. The quantitative estimate of drug-likeness (QED) is 0.752. The first-order valence-corrected chi connectivity index (χ1v) is 7.02. The topological polar surface area (TPSA) is 20.2 Å². The molecule has 0 spiro atoms. The fraction of sp³-hybridized carbons (Fsp3) is 1.00. The van der Waals surface area contributed by atoms with E-state index in [-0.39, 0.29) is 0 Å². The van der Waals surface area contributed by atoms with Crippen LogP contribution in [0.1, 0.15) is 64.2 Å². The van der Waals surface area contributed by atoms with Gasteiger partial charge in [0.05, 0.1) is 0 Å². The van der Waals surface area contributed by atoms with Gasteiger partial charge in [-0.05, 0) is 17.8 Å². The van der Waals surface area contributed by atoms with Crippen molar-refractivity contribution in [1.29, 1.82) is 0 Å². The molecule has 2 aliphatic rings. The summed E-state index contributed by atoms with van der Waals surface area (Å²) in [5, 5.41) is 9.63. The van der Waals surface area contributed by atoms with Gasteiger partial charge in [-0.15, -0.1) is 0 Å². The highest BCUT2D eigenvalue weighted by molar-refractivity contribution is 4.81. The molecular weight excluding hydrogens is 184 g/mol. The Labute approximate surface area is 94.3 Å².